The summed E-state index contributed by atoms with van der Waals surface area (Å²) in [5.41, 5.74) is 0.851. The number of aromatic amines is 1. The van der Waals surface area contributed by atoms with E-state index in [1.54, 1.807) is 6.07 Å². The Balaban J connectivity index is 2.32. The van der Waals surface area contributed by atoms with E-state index in [4.69, 9.17) is 0 Å². The molecule has 0 radical (unpaired) electrons. The van der Waals surface area contributed by atoms with Gasteiger partial charge in [0.05, 0.1) is 5.69 Å². The Hall–Kier alpha value is -1.16. The van der Waals surface area contributed by atoms with Gasteiger partial charge in [-0.25, -0.2) is 4.98 Å². The average molecular weight is 193 g/mol. The highest BCUT2D eigenvalue weighted by molar-refractivity contribution is 5.09. The van der Waals surface area contributed by atoms with Crippen LogP contribution in [0.2, 0.25) is 0 Å². The maximum atomic E-state index is 11.3. The SMILES string of the molecule is CCc1nc(C2CCCN2)cc(=O)[nH]1. The Bertz CT molecular complexity index is 366. The predicted octanol–water partition coefficient (Wildman–Crippen LogP) is 0.757. The first kappa shape index (κ1) is 9.40. The van der Waals surface area contributed by atoms with Crippen molar-refractivity contribution >= 4 is 0 Å². The second kappa shape index (κ2) is 3.92. The van der Waals surface area contributed by atoms with Crippen molar-refractivity contribution in [1.29, 1.82) is 0 Å². The number of aryl methyl sites for hydroxylation is 1. The molecule has 0 aliphatic carbocycles. The van der Waals surface area contributed by atoms with E-state index in [2.05, 4.69) is 15.3 Å². The minimum atomic E-state index is -0.0412. The van der Waals surface area contributed by atoms with E-state index in [0.29, 0.717) is 0 Å². The molecular weight excluding hydrogens is 178 g/mol. The molecule has 2 heterocycles. The summed E-state index contributed by atoms with van der Waals surface area (Å²) in [5.74, 6) is 0.779. The maximum absolute atomic E-state index is 11.3. The second-order valence-electron chi connectivity index (χ2n) is 3.62. The number of hydrogen-bond donors (Lipinski definition) is 2. The summed E-state index contributed by atoms with van der Waals surface area (Å²) in [7, 11) is 0. The maximum Gasteiger partial charge on any atom is 0.251 e. The minimum Gasteiger partial charge on any atom is -0.311 e. The summed E-state index contributed by atoms with van der Waals surface area (Å²) in [6, 6.07) is 1.88. The Morgan fingerprint density at radius 1 is 1.64 bits per heavy atom. The highest BCUT2D eigenvalue weighted by Crippen LogP contribution is 2.19. The van der Waals surface area contributed by atoms with Gasteiger partial charge in [0.15, 0.2) is 0 Å². The lowest BCUT2D eigenvalue weighted by Crippen LogP contribution is -2.19. The zero-order valence-corrected chi connectivity index (χ0v) is 8.34. The molecule has 0 amide bonds. The van der Waals surface area contributed by atoms with Crippen molar-refractivity contribution in [2.45, 2.75) is 32.2 Å². The molecule has 4 nitrogen and oxygen atoms in total. The van der Waals surface area contributed by atoms with Crippen molar-refractivity contribution in [2.24, 2.45) is 0 Å². The molecule has 14 heavy (non-hydrogen) atoms. The highest BCUT2D eigenvalue weighted by Gasteiger charge is 2.18. The van der Waals surface area contributed by atoms with Crippen molar-refractivity contribution in [3.63, 3.8) is 0 Å². The van der Waals surface area contributed by atoms with Crippen LogP contribution in [0.25, 0.3) is 0 Å². The summed E-state index contributed by atoms with van der Waals surface area (Å²) in [6.07, 6.45) is 3.02. The number of rotatable bonds is 2. The molecule has 0 bridgehead atoms. The van der Waals surface area contributed by atoms with Crippen molar-refractivity contribution in [1.82, 2.24) is 15.3 Å². The van der Waals surface area contributed by atoms with Crippen molar-refractivity contribution in [2.75, 3.05) is 6.54 Å². The molecule has 0 aromatic carbocycles. The number of H-pyrrole nitrogens is 1. The van der Waals surface area contributed by atoms with Gasteiger partial charge in [0.2, 0.25) is 0 Å². The van der Waals surface area contributed by atoms with E-state index in [-0.39, 0.29) is 11.6 Å². The lowest BCUT2D eigenvalue weighted by atomic mass is 10.1. The van der Waals surface area contributed by atoms with Gasteiger partial charge in [0.25, 0.3) is 5.56 Å². The Morgan fingerprint density at radius 3 is 3.14 bits per heavy atom. The molecule has 1 atom stereocenters. The summed E-state index contributed by atoms with van der Waals surface area (Å²) < 4.78 is 0. The third kappa shape index (κ3) is 1.85. The molecule has 1 saturated heterocycles. The van der Waals surface area contributed by atoms with E-state index in [1.165, 1.54) is 6.42 Å². The van der Waals surface area contributed by atoms with Crippen molar-refractivity contribution in [3.8, 4) is 0 Å². The van der Waals surface area contributed by atoms with Gasteiger partial charge in [0.1, 0.15) is 5.82 Å². The predicted molar refractivity (Wildman–Crippen MR) is 54.2 cm³/mol. The molecular formula is C10H15N3O. The van der Waals surface area contributed by atoms with Gasteiger partial charge in [0, 0.05) is 18.5 Å². The van der Waals surface area contributed by atoms with E-state index in [0.717, 1.165) is 30.9 Å². The van der Waals surface area contributed by atoms with Gasteiger partial charge in [-0.05, 0) is 19.4 Å². The first-order valence-electron chi connectivity index (χ1n) is 5.13. The fourth-order valence-electron chi connectivity index (χ4n) is 1.81. The molecule has 76 valence electrons. The third-order valence-electron chi connectivity index (χ3n) is 2.56. The zero-order valence-electron chi connectivity index (χ0n) is 8.34. The highest BCUT2D eigenvalue weighted by atomic mass is 16.1. The van der Waals surface area contributed by atoms with Gasteiger partial charge in [-0.3, -0.25) is 4.79 Å². The molecule has 1 aromatic rings. The smallest absolute Gasteiger partial charge is 0.251 e. The van der Waals surface area contributed by atoms with E-state index < -0.39 is 0 Å². The molecule has 0 saturated carbocycles. The second-order valence-corrected chi connectivity index (χ2v) is 3.62. The molecule has 1 aliphatic rings. The fraction of sp³-hybridized carbons (Fsp3) is 0.600. The standard InChI is InChI=1S/C10H15N3O/c1-2-9-12-8(6-10(14)13-9)7-4-3-5-11-7/h6-7,11H,2-5H2,1H3,(H,12,13,14). The molecule has 0 spiro atoms. The van der Waals surface area contributed by atoms with Crippen LogP contribution < -0.4 is 10.9 Å². The molecule has 1 aliphatic heterocycles. The van der Waals surface area contributed by atoms with Crippen LogP contribution in [-0.4, -0.2) is 16.5 Å². The molecule has 4 heteroatoms. The zero-order chi connectivity index (χ0) is 9.97. The third-order valence-corrected chi connectivity index (χ3v) is 2.56. The van der Waals surface area contributed by atoms with Crippen LogP contribution in [0.3, 0.4) is 0 Å². The summed E-state index contributed by atoms with van der Waals surface area (Å²) in [6.45, 7) is 3.02. The Labute approximate surface area is 82.8 Å². The Morgan fingerprint density at radius 2 is 2.50 bits per heavy atom. The lowest BCUT2D eigenvalue weighted by molar-refractivity contribution is 0.618. The summed E-state index contributed by atoms with van der Waals surface area (Å²) in [5, 5.41) is 3.34. The monoisotopic (exact) mass is 193 g/mol. The Kier molecular flexibility index (Phi) is 2.63. The summed E-state index contributed by atoms with van der Waals surface area (Å²) >= 11 is 0. The first-order valence-corrected chi connectivity index (χ1v) is 5.13. The topological polar surface area (TPSA) is 57.8 Å². The first-order chi connectivity index (χ1) is 6.79. The summed E-state index contributed by atoms with van der Waals surface area (Å²) in [4.78, 5) is 18.4. The van der Waals surface area contributed by atoms with E-state index in [9.17, 15) is 4.79 Å². The van der Waals surface area contributed by atoms with Gasteiger partial charge >= 0.3 is 0 Å². The minimum absolute atomic E-state index is 0.0412. The van der Waals surface area contributed by atoms with Crippen LogP contribution in [0.1, 0.15) is 37.3 Å². The largest absolute Gasteiger partial charge is 0.311 e. The quantitative estimate of drug-likeness (QED) is 0.729. The molecule has 1 aromatic heterocycles. The number of nitrogens with zero attached hydrogens (tertiary/aromatic N) is 1. The average Bonchev–Trinajstić information content (AvgIpc) is 2.69. The van der Waals surface area contributed by atoms with Crippen molar-refractivity contribution in [3.05, 3.63) is 27.9 Å². The molecule has 1 unspecified atom stereocenters. The lowest BCUT2D eigenvalue weighted by Gasteiger charge is -2.09. The normalized spacial score (nSPS) is 21.4. The van der Waals surface area contributed by atoms with Gasteiger partial charge < -0.3 is 10.3 Å². The van der Waals surface area contributed by atoms with Gasteiger partial charge in [-0.1, -0.05) is 6.92 Å². The van der Waals surface area contributed by atoms with Crippen LogP contribution in [-0.2, 0) is 6.42 Å². The van der Waals surface area contributed by atoms with E-state index >= 15 is 0 Å². The number of nitrogens with one attached hydrogen (secondary N) is 2. The fourth-order valence-corrected chi connectivity index (χ4v) is 1.81. The molecule has 1 fully saturated rings. The van der Waals surface area contributed by atoms with Crippen LogP contribution in [0.15, 0.2) is 10.9 Å². The van der Waals surface area contributed by atoms with Crippen LogP contribution >= 0.6 is 0 Å². The molecule has 2 rings (SSSR count). The van der Waals surface area contributed by atoms with Gasteiger partial charge in [-0.2, -0.15) is 0 Å². The van der Waals surface area contributed by atoms with Crippen molar-refractivity contribution < 1.29 is 0 Å². The number of hydrogen-bond acceptors (Lipinski definition) is 3. The van der Waals surface area contributed by atoms with E-state index in [1.807, 2.05) is 6.92 Å². The number of aromatic nitrogens is 2. The van der Waals surface area contributed by atoms with Gasteiger partial charge in [-0.15, -0.1) is 0 Å². The van der Waals surface area contributed by atoms with Crippen LogP contribution in [0.5, 0.6) is 0 Å². The van der Waals surface area contributed by atoms with Crippen LogP contribution in [0.4, 0.5) is 0 Å². The van der Waals surface area contributed by atoms with Crippen LogP contribution in [0, 0.1) is 0 Å². The molecule has 2 N–H and O–H groups in total.